The van der Waals surface area contributed by atoms with Crippen LogP contribution in [0.25, 0.3) is 0 Å². The molecule has 0 spiro atoms. The summed E-state index contributed by atoms with van der Waals surface area (Å²) in [5.74, 6) is 0.167. The molecular formula is C7H11N3O2. The van der Waals surface area contributed by atoms with Crippen LogP contribution in [0.4, 0.5) is 0 Å². The summed E-state index contributed by atoms with van der Waals surface area (Å²) in [5, 5.41) is 0. The van der Waals surface area contributed by atoms with E-state index in [1.807, 2.05) is 0 Å². The van der Waals surface area contributed by atoms with Gasteiger partial charge in [0.1, 0.15) is 5.69 Å². The van der Waals surface area contributed by atoms with E-state index >= 15 is 0 Å². The Bertz CT molecular complexity index is 293. The lowest BCUT2D eigenvalue weighted by Crippen LogP contribution is -2.14. The standard InChI is InChI=1S/C7H11N3O2/c1-10-4-9-5(3-6(8)11)7(10)12-2/h4H,3H2,1-2H3,(H2,8,11). The van der Waals surface area contributed by atoms with Crippen molar-refractivity contribution in [3.63, 3.8) is 0 Å². The number of aryl methyl sites for hydroxylation is 1. The van der Waals surface area contributed by atoms with E-state index in [9.17, 15) is 4.79 Å². The summed E-state index contributed by atoms with van der Waals surface area (Å²) in [5.41, 5.74) is 5.59. The highest BCUT2D eigenvalue weighted by Gasteiger charge is 2.10. The normalized spacial score (nSPS) is 9.83. The number of methoxy groups -OCH3 is 1. The van der Waals surface area contributed by atoms with E-state index in [0.717, 1.165) is 0 Å². The van der Waals surface area contributed by atoms with E-state index in [0.29, 0.717) is 11.6 Å². The lowest BCUT2D eigenvalue weighted by Gasteiger charge is -2.01. The molecule has 0 aromatic carbocycles. The molecule has 1 heterocycles. The van der Waals surface area contributed by atoms with Crippen molar-refractivity contribution in [1.82, 2.24) is 9.55 Å². The van der Waals surface area contributed by atoms with Gasteiger partial charge < -0.3 is 15.0 Å². The number of amides is 1. The largest absolute Gasteiger partial charge is 0.481 e. The van der Waals surface area contributed by atoms with Gasteiger partial charge in [0.05, 0.1) is 19.9 Å². The molecule has 0 saturated carbocycles. The van der Waals surface area contributed by atoms with Crippen LogP contribution in [0.2, 0.25) is 0 Å². The average Bonchev–Trinajstić information content (AvgIpc) is 2.30. The van der Waals surface area contributed by atoms with Crippen molar-refractivity contribution in [3.8, 4) is 5.88 Å². The highest BCUT2D eigenvalue weighted by atomic mass is 16.5. The van der Waals surface area contributed by atoms with Crippen LogP contribution in [0, 0.1) is 0 Å². The molecule has 0 radical (unpaired) electrons. The molecule has 0 bridgehead atoms. The molecule has 1 aromatic heterocycles. The molecule has 0 atom stereocenters. The van der Waals surface area contributed by atoms with Gasteiger partial charge in [-0.2, -0.15) is 0 Å². The quantitative estimate of drug-likeness (QED) is 0.660. The number of rotatable bonds is 3. The number of carbonyl (C=O) groups is 1. The third-order valence-electron chi connectivity index (χ3n) is 1.49. The number of hydrogen-bond donors (Lipinski definition) is 1. The predicted molar refractivity (Wildman–Crippen MR) is 42.7 cm³/mol. The Hall–Kier alpha value is -1.52. The maximum absolute atomic E-state index is 10.6. The number of nitrogens with zero attached hydrogens (tertiary/aromatic N) is 2. The first kappa shape index (κ1) is 8.58. The number of carbonyl (C=O) groups excluding carboxylic acids is 1. The number of aromatic nitrogens is 2. The molecule has 5 heteroatoms. The second-order valence-electron chi connectivity index (χ2n) is 2.45. The molecule has 0 aliphatic rings. The van der Waals surface area contributed by atoms with Gasteiger partial charge in [-0.1, -0.05) is 0 Å². The fraction of sp³-hybridized carbons (Fsp3) is 0.429. The Kier molecular flexibility index (Phi) is 2.32. The van der Waals surface area contributed by atoms with Crippen LogP contribution in [0.3, 0.4) is 0 Å². The Labute approximate surface area is 70.1 Å². The molecule has 1 amide bonds. The Balaban J connectivity index is 2.91. The number of hydrogen-bond acceptors (Lipinski definition) is 3. The summed E-state index contributed by atoms with van der Waals surface area (Å²) in [7, 11) is 3.32. The molecular weight excluding hydrogens is 158 g/mol. The van der Waals surface area contributed by atoms with Crippen LogP contribution >= 0.6 is 0 Å². The highest BCUT2D eigenvalue weighted by molar-refractivity contribution is 5.76. The van der Waals surface area contributed by atoms with Crippen LogP contribution in [-0.4, -0.2) is 22.6 Å². The summed E-state index contributed by atoms with van der Waals surface area (Å²) < 4.78 is 6.70. The van der Waals surface area contributed by atoms with Gasteiger partial charge >= 0.3 is 0 Å². The first-order chi connectivity index (χ1) is 5.65. The van der Waals surface area contributed by atoms with Crippen molar-refractivity contribution in [1.29, 1.82) is 0 Å². The van der Waals surface area contributed by atoms with E-state index < -0.39 is 5.91 Å². The Morgan fingerprint density at radius 2 is 2.50 bits per heavy atom. The van der Waals surface area contributed by atoms with Gasteiger partial charge in [-0.15, -0.1) is 0 Å². The number of nitrogens with two attached hydrogens (primary N) is 1. The zero-order valence-electron chi connectivity index (χ0n) is 7.07. The predicted octanol–water partition coefficient (Wildman–Crippen LogP) is -0.544. The molecule has 0 aliphatic carbocycles. The lowest BCUT2D eigenvalue weighted by atomic mass is 10.3. The fourth-order valence-electron chi connectivity index (χ4n) is 1.02. The van der Waals surface area contributed by atoms with E-state index in [1.54, 1.807) is 17.9 Å². The van der Waals surface area contributed by atoms with Gasteiger partial charge in [0.2, 0.25) is 11.8 Å². The minimum Gasteiger partial charge on any atom is -0.481 e. The van der Waals surface area contributed by atoms with Gasteiger partial charge in [-0.3, -0.25) is 4.79 Å². The van der Waals surface area contributed by atoms with E-state index in [1.165, 1.54) is 7.11 Å². The Morgan fingerprint density at radius 3 is 3.00 bits per heavy atom. The van der Waals surface area contributed by atoms with E-state index in [-0.39, 0.29) is 6.42 Å². The molecule has 0 saturated heterocycles. The van der Waals surface area contributed by atoms with Gasteiger partial charge in [-0.25, -0.2) is 4.98 Å². The minimum atomic E-state index is -0.410. The molecule has 1 aromatic rings. The van der Waals surface area contributed by atoms with Crippen LogP contribution in [0.1, 0.15) is 5.69 Å². The number of ether oxygens (including phenoxy) is 1. The molecule has 1 rings (SSSR count). The zero-order valence-corrected chi connectivity index (χ0v) is 7.07. The van der Waals surface area contributed by atoms with Crippen molar-refractivity contribution in [2.75, 3.05) is 7.11 Å². The molecule has 66 valence electrons. The molecule has 0 fully saturated rings. The summed E-state index contributed by atoms with van der Waals surface area (Å²) in [6.45, 7) is 0. The molecule has 0 aliphatic heterocycles. The van der Waals surface area contributed by atoms with Crippen molar-refractivity contribution >= 4 is 5.91 Å². The first-order valence-corrected chi connectivity index (χ1v) is 3.47. The van der Waals surface area contributed by atoms with Crippen molar-refractivity contribution in [3.05, 3.63) is 12.0 Å². The topological polar surface area (TPSA) is 70.1 Å². The van der Waals surface area contributed by atoms with Crippen LogP contribution in [0.15, 0.2) is 6.33 Å². The third-order valence-corrected chi connectivity index (χ3v) is 1.49. The summed E-state index contributed by atoms with van der Waals surface area (Å²) >= 11 is 0. The second kappa shape index (κ2) is 3.25. The average molecular weight is 169 g/mol. The van der Waals surface area contributed by atoms with Gasteiger partial charge in [0.15, 0.2) is 0 Å². The highest BCUT2D eigenvalue weighted by Crippen LogP contribution is 2.15. The number of imidazole rings is 1. The van der Waals surface area contributed by atoms with Crippen molar-refractivity contribution in [2.24, 2.45) is 12.8 Å². The summed E-state index contributed by atoms with van der Waals surface area (Å²) in [6, 6.07) is 0. The lowest BCUT2D eigenvalue weighted by molar-refractivity contribution is -0.117. The van der Waals surface area contributed by atoms with E-state index in [4.69, 9.17) is 10.5 Å². The smallest absolute Gasteiger partial charge is 0.223 e. The minimum absolute atomic E-state index is 0.115. The summed E-state index contributed by atoms with van der Waals surface area (Å²) in [6.07, 6.45) is 1.70. The van der Waals surface area contributed by atoms with Crippen molar-refractivity contribution in [2.45, 2.75) is 6.42 Å². The maximum Gasteiger partial charge on any atom is 0.223 e. The SMILES string of the molecule is COc1c(CC(N)=O)ncn1C. The fourth-order valence-corrected chi connectivity index (χ4v) is 1.02. The van der Waals surface area contributed by atoms with Gasteiger partial charge in [-0.05, 0) is 0 Å². The second-order valence-corrected chi connectivity index (χ2v) is 2.45. The zero-order chi connectivity index (χ0) is 9.14. The molecule has 2 N–H and O–H groups in total. The van der Waals surface area contributed by atoms with Crippen LogP contribution in [0.5, 0.6) is 5.88 Å². The molecule has 0 unspecified atom stereocenters. The monoisotopic (exact) mass is 169 g/mol. The molecule has 5 nitrogen and oxygen atoms in total. The Morgan fingerprint density at radius 1 is 1.83 bits per heavy atom. The van der Waals surface area contributed by atoms with E-state index in [2.05, 4.69) is 4.98 Å². The molecule has 12 heavy (non-hydrogen) atoms. The van der Waals surface area contributed by atoms with Gasteiger partial charge in [0, 0.05) is 7.05 Å². The van der Waals surface area contributed by atoms with Gasteiger partial charge in [0.25, 0.3) is 0 Å². The van der Waals surface area contributed by atoms with Crippen LogP contribution < -0.4 is 10.5 Å². The summed E-state index contributed by atoms with van der Waals surface area (Å²) in [4.78, 5) is 14.5. The number of primary amides is 1. The van der Waals surface area contributed by atoms with Crippen LogP contribution in [-0.2, 0) is 18.3 Å². The maximum atomic E-state index is 10.6. The third kappa shape index (κ3) is 1.55. The first-order valence-electron chi connectivity index (χ1n) is 3.47. The van der Waals surface area contributed by atoms with Crippen molar-refractivity contribution < 1.29 is 9.53 Å².